The van der Waals surface area contributed by atoms with E-state index in [1.54, 1.807) is 11.0 Å². The number of amides is 2. The molecule has 3 aromatic rings. The Balaban J connectivity index is 1.23. The number of piperidine rings is 1. The van der Waals surface area contributed by atoms with E-state index in [4.69, 9.17) is 0 Å². The summed E-state index contributed by atoms with van der Waals surface area (Å²) in [6.45, 7) is 4.47. The summed E-state index contributed by atoms with van der Waals surface area (Å²) in [7, 11) is 0. The summed E-state index contributed by atoms with van der Waals surface area (Å²) in [5.41, 5.74) is 2.35. The smallest absolute Gasteiger partial charge is 0.350 e. The van der Waals surface area contributed by atoms with Gasteiger partial charge in [0.2, 0.25) is 0 Å². The fourth-order valence-electron chi connectivity index (χ4n) is 6.37. The zero-order valence-electron chi connectivity index (χ0n) is 21.9. The van der Waals surface area contributed by atoms with Crippen molar-refractivity contribution in [2.45, 2.75) is 70.0 Å². The normalized spacial score (nSPS) is 20.2. The number of urea groups is 1. The number of carbonyl (C=O) groups is 1. The molecule has 198 valence electrons. The highest BCUT2D eigenvalue weighted by Gasteiger charge is 2.52. The summed E-state index contributed by atoms with van der Waals surface area (Å²) >= 11 is 0. The molecule has 2 fully saturated rings. The molecule has 1 spiro atoms. The van der Waals surface area contributed by atoms with Gasteiger partial charge in [0, 0.05) is 49.4 Å². The molecule has 1 aromatic heterocycles. The second-order valence-electron chi connectivity index (χ2n) is 10.9. The molecule has 8 heteroatoms. The van der Waals surface area contributed by atoms with Gasteiger partial charge in [0.05, 0.1) is 0 Å². The molecule has 2 aromatic carbocycles. The molecular formula is C30H35FN6O. The summed E-state index contributed by atoms with van der Waals surface area (Å²) in [4.78, 5) is 26.4. The third-order valence-electron chi connectivity index (χ3n) is 8.38. The van der Waals surface area contributed by atoms with Crippen LogP contribution in [0.2, 0.25) is 0 Å². The molecule has 1 saturated heterocycles. The Morgan fingerprint density at radius 1 is 1.03 bits per heavy atom. The van der Waals surface area contributed by atoms with E-state index in [2.05, 4.69) is 49.0 Å². The highest BCUT2D eigenvalue weighted by atomic mass is 19.1. The molecule has 1 saturated carbocycles. The zero-order valence-corrected chi connectivity index (χ0v) is 21.9. The van der Waals surface area contributed by atoms with Gasteiger partial charge in [0.1, 0.15) is 23.0 Å². The maximum Gasteiger partial charge on any atom is 0.350 e. The van der Waals surface area contributed by atoms with E-state index in [0.29, 0.717) is 11.7 Å². The number of aryl methyl sites for hydroxylation is 1. The van der Waals surface area contributed by atoms with Crippen LogP contribution < -0.4 is 10.2 Å². The van der Waals surface area contributed by atoms with Crippen LogP contribution in [-0.2, 0) is 6.54 Å². The quantitative estimate of drug-likeness (QED) is 0.480. The van der Waals surface area contributed by atoms with Crippen molar-refractivity contribution in [3.8, 4) is 5.69 Å². The van der Waals surface area contributed by atoms with Crippen LogP contribution in [0.5, 0.6) is 0 Å². The molecule has 3 heterocycles. The maximum atomic E-state index is 14.2. The number of nitrogens with zero attached hydrogens (tertiary/aromatic N) is 5. The Morgan fingerprint density at radius 3 is 2.53 bits per heavy atom. The minimum absolute atomic E-state index is 0.300. The third kappa shape index (κ3) is 4.73. The van der Waals surface area contributed by atoms with E-state index in [9.17, 15) is 9.18 Å². The number of halogens is 1. The van der Waals surface area contributed by atoms with Crippen molar-refractivity contribution in [3.05, 3.63) is 78.1 Å². The van der Waals surface area contributed by atoms with E-state index in [1.165, 1.54) is 37.0 Å². The van der Waals surface area contributed by atoms with Crippen LogP contribution in [0.3, 0.4) is 0 Å². The van der Waals surface area contributed by atoms with Crippen molar-refractivity contribution in [1.82, 2.24) is 19.8 Å². The summed E-state index contributed by atoms with van der Waals surface area (Å²) in [5.74, 6) is 1.39. The van der Waals surface area contributed by atoms with Gasteiger partial charge in [-0.15, -0.1) is 0 Å². The first-order valence-corrected chi connectivity index (χ1v) is 13.8. The second-order valence-corrected chi connectivity index (χ2v) is 10.9. The first-order chi connectivity index (χ1) is 18.5. The molecule has 1 aliphatic carbocycles. The first kappa shape index (κ1) is 24.8. The van der Waals surface area contributed by atoms with Gasteiger partial charge in [0.15, 0.2) is 0 Å². The lowest BCUT2D eigenvalue weighted by atomic mass is 9.83. The number of likely N-dealkylation sites (tertiary alicyclic amines) is 1. The topological polar surface area (TPSA) is 65.8 Å². The minimum atomic E-state index is -0.575. The lowest BCUT2D eigenvalue weighted by Crippen LogP contribution is -2.62. The number of amidine groups is 1. The molecule has 0 bridgehead atoms. The molecule has 0 radical (unpaired) electrons. The largest absolute Gasteiger partial charge is 0.369 e. The van der Waals surface area contributed by atoms with E-state index in [1.807, 2.05) is 25.4 Å². The molecule has 38 heavy (non-hydrogen) atoms. The Hall–Kier alpha value is -3.52. The van der Waals surface area contributed by atoms with Gasteiger partial charge in [0.25, 0.3) is 0 Å². The Labute approximate surface area is 223 Å². The number of rotatable bonds is 5. The molecule has 2 aliphatic heterocycles. The fourth-order valence-corrected chi connectivity index (χ4v) is 6.37. The van der Waals surface area contributed by atoms with Crippen LogP contribution in [-0.4, -0.2) is 51.0 Å². The van der Waals surface area contributed by atoms with Gasteiger partial charge in [-0.3, -0.25) is 9.80 Å². The third-order valence-corrected chi connectivity index (χ3v) is 8.38. The number of imidazole rings is 1. The van der Waals surface area contributed by atoms with Gasteiger partial charge in [-0.25, -0.2) is 14.2 Å². The molecule has 7 nitrogen and oxygen atoms in total. The number of aromatic nitrogens is 2. The van der Waals surface area contributed by atoms with Crippen LogP contribution in [0.15, 0.2) is 65.9 Å². The van der Waals surface area contributed by atoms with Gasteiger partial charge in [-0.1, -0.05) is 37.5 Å². The van der Waals surface area contributed by atoms with Crippen molar-refractivity contribution < 1.29 is 9.18 Å². The van der Waals surface area contributed by atoms with Crippen molar-refractivity contribution in [2.24, 2.45) is 4.99 Å². The van der Waals surface area contributed by atoms with Crippen molar-refractivity contribution in [2.75, 3.05) is 18.0 Å². The van der Waals surface area contributed by atoms with Crippen LogP contribution in [0.1, 0.15) is 56.3 Å². The van der Waals surface area contributed by atoms with E-state index in [0.717, 1.165) is 62.7 Å². The predicted octanol–water partition coefficient (Wildman–Crippen LogP) is 5.62. The summed E-state index contributed by atoms with van der Waals surface area (Å²) in [5, 5.41) is 3.68. The van der Waals surface area contributed by atoms with Crippen LogP contribution in [0, 0.1) is 12.7 Å². The number of anilines is 1. The molecule has 0 unspecified atom stereocenters. The Kier molecular flexibility index (Phi) is 6.74. The number of benzene rings is 2. The molecule has 3 aliphatic rings. The fraction of sp³-hybridized carbons (Fsp3) is 0.433. The number of nitrogens with one attached hydrogen (secondary N) is 1. The average molecular weight is 515 g/mol. The predicted molar refractivity (Wildman–Crippen MR) is 147 cm³/mol. The van der Waals surface area contributed by atoms with E-state index in [-0.39, 0.29) is 11.8 Å². The molecule has 2 amide bonds. The van der Waals surface area contributed by atoms with Gasteiger partial charge in [-0.05, 0) is 68.5 Å². The summed E-state index contributed by atoms with van der Waals surface area (Å²) in [6.07, 6.45) is 11.2. The second kappa shape index (κ2) is 10.3. The number of carbonyl (C=O) groups excluding carboxylic acids is 1. The Bertz CT molecular complexity index is 1340. The van der Waals surface area contributed by atoms with Crippen molar-refractivity contribution in [3.63, 3.8) is 0 Å². The van der Waals surface area contributed by atoms with Gasteiger partial charge in [-0.2, -0.15) is 4.99 Å². The molecular weight excluding hydrogens is 479 g/mol. The molecule has 6 rings (SSSR count). The van der Waals surface area contributed by atoms with Gasteiger partial charge >= 0.3 is 6.03 Å². The zero-order chi connectivity index (χ0) is 26.1. The average Bonchev–Trinajstić information content (AvgIpc) is 3.46. The summed E-state index contributed by atoms with van der Waals surface area (Å²) in [6, 6.07) is 15.0. The highest BCUT2D eigenvalue weighted by molar-refractivity contribution is 6.16. The molecule has 0 atom stereocenters. The highest BCUT2D eigenvalue weighted by Crippen LogP contribution is 2.39. The Morgan fingerprint density at radius 2 is 1.79 bits per heavy atom. The van der Waals surface area contributed by atoms with E-state index >= 15 is 0 Å². The lowest BCUT2D eigenvalue weighted by Gasteiger charge is -2.45. The number of hydrogen-bond donors (Lipinski definition) is 1. The monoisotopic (exact) mass is 514 g/mol. The van der Waals surface area contributed by atoms with Crippen LogP contribution in [0.25, 0.3) is 5.69 Å². The van der Waals surface area contributed by atoms with Crippen molar-refractivity contribution in [1.29, 1.82) is 0 Å². The first-order valence-electron chi connectivity index (χ1n) is 13.8. The van der Waals surface area contributed by atoms with Crippen molar-refractivity contribution >= 4 is 17.6 Å². The number of hydrogen-bond acceptors (Lipinski definition) is 4. The minimum Gasteiger partial charge on any atom is -0.369 e. The van der Waals surface area contributed by atoms with Gasteiger partial charge < -0.3 is 9.88 Å². The molecule has 1 N–H and O–H groups in total. The lowest BCUT2D eigenvalue weighted by molar-refractivity contribution is 0.181. The maximum absolute atomic E-state index is 14.2. The summed E-state index contributed by atoms with van der Waals surface area (Å²) < 4.78 is 16.3. The number of aliphatic imine (C=N–C) groups is 1. The van der Waals surface area contributed by atoms with Crippen LogP contribution >= 0.6 is 0 Å². The SMILES string of the molecule is Cc1nccn1-c1cccc(CN2CCC3(CC2)C(NC2CCCCC2)=NC(=O)N3c2cccc(F)c2)c1. The van der Waals surface area contributed by atoms with E-state index < -0.39 is 5.54 Å². The van der Waals surface area contributed by atoms with Crippen LogP contribution in [0.4, 0.5) is 14.9 Å². The standard InChI is InChI=1S/C30H35FN6O/c1-22-32-15-18-36(22)26-11-5-7-23(19-26)21-35-16-13-30(14-17-35)28(33-25-9-3-2-4-10-25)34-29(38)37(30)27-12-6-8-24(31)20-27/h5-8,11-12,15,18-20,25H,2-4,9-10,13-14,16-17,21H2,1H3,(H,33,34,38).